The monoisotopic (exact) mass is 706 g/mol. The molecule has 55 heavy (non-hydrogen) atoms. The molecule has 258 valence electrons. The molecule has 0 fully saturated rings. The molecule has 0 spiro atoms. The van der Waals surface area contributed by atoms with Crippen LogP contribution in [0.3, 0.4) is 0 Å². The summed E-state index contributed by atoms with van der Waals surface area (Å²) in [5.41, 5.74) is 9.67. The zero-order chi connectivity index (χ0) is 36.3. The van der Waals surface area contributed by atoms with Gasteiger partial charge < -0.3 is 9.47 Å². The Morgan fingerprint density at radius 2 is 0.782 bits per heavy atom. The number of para-hydroxylation sites is 2. The second-order valence-electron chi connectivity index (χ2n) is 13.7. The van der Waals surface area contributed by atoms with Crippen LogP contribution in [0.5, 0.6) is 23.0 Å². The second kappa shape index (κ2) is 12.5. The van der Waals surface area contributed by atoms with Gasteiger partial charge in [-0.1, -0.05) is 133 Å². The lowest BCUT2D eigenvalue weighted by atomic mass is 10.0. The average molecular weight is 707 g/mol. The van der Waals surface area contributed by atoms with Crippen LogP contribution in [0.2, 0.25) is 0 Å². The minimum absolute atomic E-state index is 0.510. The predicted molar refractivity (Wildman–Crippen MR) is 219 cm³/mol. The van der Waals surface area contributed by atoms with E-state index in [4.69, 9.17) is 24.4 Å². The molecule has 0 saturated carbocycles. The maximum Gasteiger partial charge on any atom is 0.164 e. The molecule has 6 heteroatoms. The first-order valence-corrected chi connectivity index (χ1v) is 18.3. The Kier molecular flexibility index (Phi) is 7.07. The molecule has 8 aromatic carbocycles. The SMILES string of the molecule is c1ccc(-c2cccc(-c3nc(-c4cccc(-c5ccccc5)c4)nc(-c4cc5c6c(c4)Oc4cc7ccccc7cc4N6c4ccccc4O5)n3)c2)cc1. The van der Waals surface area contributed by atoms with Gasteiger partial charge in [0.25, 0.3) is 0 Å². The number of anilines is 3. The molecule has 0 radical (unpaired) electrons. The van der Waals surface area contributed by atoms with Crippen molar-refractivity contribution in [3.63, 3.8) is 0 Å². The minimum Gasteiger partial charge on any atom is -0.453 e. The molecule has 0 bridgehead atoms. The lowest BCUT2D eigenvalue weighted by molar-refractivity contribution is 0.446. The third-order valence-electron chi connectivity index (χ3n) is 10.2. The summed E-state index contributed by atoms with van der Waals surface area (Å²) in [5.74, 6) is 4.48. The third-order valence-corrected chi connectivity index (χ3v) is 10.2. The Bertz CT molecular complexity index is 2850. The van der Waals surface area contributed by atoms with Gasteiger partial charge in [0.05, 0.1) is 11.4 Å². The fourth-order valence-electron chi connectivity index (χ4n) is 7.59. The summed E-state index contributed by atoms with van der Waals surface area (Å²) >= 11 is 0. The zero-order valence-corrected chi connectivity index (χ0v) is 29.4. The smallest absolute Gasteiger partial charge is 0.164 e. The molecule has 6 nitrogen and oxygen atoms in total. The quantitative estimate of drug-likeness (QED) is 0.178. The van der Waals surface area contributed by atoms with Crippen LogP contribution in [0.4, 0.5) is 17.1 Å². The second-order valence-corrected chi connectivity index (χ2v) is 13.7. The molecule has 2 aliphatic heterocycles. The van der Waals surface area contributed by atoms with E-state index in [-0.39, 0.29) is 0 Å². The highest BCUT2D eigenvalue weighted by Gasteiger charge is 2.35. The fraction of sp³-hybridized carbons (Fsp3) is 0. The average Bonchev–Trinajstić information content (AvgIpc) is 3.26. The van der Waals surface area contributed by atoms with Crippen LogP contribution in [-0.4, -0.2) is 15.0 Å². The van der Waals surface area contributed by atoms with E-state index in [1.165, 1.54) is 0 Å². The first kappa shape index (κ1) is 31.0. The first-order chi connectivity index (χ1) is 27.2. The highest BCUT2D eigenvalue weighted by atomic mass is 16.5. The lowest BCUT2D eigenvalue weighted by Crippen LogP contribution is -2.20. The van der Waals surface area contributed by atoms with Crippen molar-refractivity contribution in [1.82, 2.24) is 15.0 Å². The summed E-state index contributed by atoms with van der Waals surface area (Å²) in [6.07, 6.45) is 0. The summed E-state index contributed by atoms with van der Waals surface area (Å²) in [7, 11) is 0. The van der Waals surface area contributed by atoms with Crippen LogP contribution in [0.15, 0.2) is 182 Å². The molecule has 3 heterocycles. The Balaban J connectivity index is 1.10. The molecule has 0 N–H and O–H groups in total. The van der Waals surface area contributed by atoms with Crippen LogP contribution < -0.4 is 14.4 Å². The van der Waals surface area contributed by atoms with Crippen LogP contribution >= 0.6 is 0 Å². The molecule has 0 aliphatic carbocycles. The van der Waals surface area contributed by atoms with Gasteiger partial charge in [0, 0.05) is 16.7 Å². The van der Waals surface area contributed by atoms with Gasteiger partial charge in [0.2, 0.25) is 0 Å². The normalized spacial score (nSPS) is 12.3. The Labute approximate surface area is 317 Å². The van der Waals surface area contributed by atoms with Crippen molar-refractivity contribution < 1.29 is 9.47 Å². The molecule has 0 atom stereocenters. The third kappa shape index (κ3) is 5.39. The van der Waals surface area contributed by atoms with Crippen LogP contribution in [0.25, 0.3) is 67.2 Å². The topological polar surface area (TPSA) is 60.4 Å². The number of hydrogen-bond acceptors (Lipinski definition) is 6. The molecular formula is C49H30N4O2. The van der Waals surface area contributed by atoms with Gasteiger partial charge in [0.15, 0.2) is 40.5 Å². The van der Waals surface area contributed by atoms with Gasteiger partial charge in [-0.05, 0) is 81.6 Å². The van der Waals surface area contributed by atoms with Gasteiger partial charge in [-0.2, -0.15) is 0 Å². The standard InChI is InChI=1S/C49H30N4O2/c1-3-13-31(14-4-1)33-19-11-21-37(25-33)47-50-48(38-22-12-20-34(26-38)32-15-5-2-6-16-32)52-49(51-47)39-29-44-46-45(30-39)55-43-28-36-18-8-7-17-35(36)27-41(43)53(46)40-23-9-10-24-42(40)54-44/h1-30H. The van der Waals surface area contributed by atoms with Gasteiger partial charge in [-0.15, -0.1) is 0 Å². The molecule has 0 amide bonds. The van der Waals surface area contributed by atoms with Crippen LogP contribution in [0, 0.1) is 0 Å². The van der Waals surface area contributed by atoms with Crippen molar-refractivity contribution in [1.29, 1.82) is 0 Å². The van der Waals surface area contributed by atoms with Crippen molar-refractivity contribution in [3.8, 4) is 79.4 Å². The maximum atomic E-state index is 6.78. The van der Waals surface area contributed by atoms with Crippen LogP contribution in [-0.2, 0) is 0 Å². The van der Waals surface area contributed by atoms with Crippen molar-refractivity contribution in [2.24, 2.45) is 0 Å². The number of ether oxygens (including phenoxy) is 2. The summed E-state index contributed by atoms with van der Waals surface area (Å²) in [6, 6.07) is 62.2. The van der Waals surface area contributed by atoms with Crippen LogP contribution in [0.1, 0.15) is 0 Å². The summed E-state index contributed by atoms with van der Waals surface area (Å²) in [6.45, 7) is 0. The molecule has 0 unspecified atom stereocenters. The Hall–Kier alpha value is -7.57. The largest absolute Gasteiger partial charge is 0.453 e. The zero-order valence-electron chi connectivity index (χ0n) is 29.4. The minimum atomic E-state index is 0.510. The number of rotatable bonds is 5. The maximum absolute atomic E-state index is 6.78. The van der Waals surface area contributed by atoms with E-state index >= 15 is 0 Å². The number of hydrogen-bond donors (Lipinski definition) is 0. The van der Waals surface area contributed by atoms with E-state index in [2.05, 4.69) is 114 Å². The van der Waals surface area contributed by atoms with Gasteiger partial charge >= 0.3 is 0 Å². The number of fused-ring (bicyclic) bond motifs is 5. The predicted octanol–water partition coefficient (Wildman–Crippen LogP) is 13.0. The Morgan fingerprint density at radius 1 is 0.309 bits per heavy atom. The molecule has 11 rings (SSSR count). The highest BCUT2D eigenvalue weighted by molar-refractivity contribution is 5.99. The van der Waals surface area contributed by atoms with Gasteiger partial charge in [-0.3, -0.25) is 4.90 Å². The molecule has 1 aromatic heterocycles. The number of nitrogens with zero attached hydrogens (tertiary/aromatic N) is 4. The number of aromatic nitrogens is 3. The fourth-order valence-corrected chi connectivity index (χ4v) is 7.59. The lowest BCUT2D eigenvalue weighted by Gasteiger charge is -2.38. The van der Waals surface area contributed by atoms with Crippen molar-refractivity contribution in [2.75, 3.05) is 4.90 Å². The number of benzene rings is 8. The van der Waals surface area contributed by atoms with E-state index < -0.39 is 0 Å². The van der Waals surface area contributed by atoms with E-state index in [0.29, 0.717) is 29.0 Å². The highest BCUT2D eigenvalue weighted by Crippen LogP contribution is 2.60. The first-order valence-electron chi connectivity index (χ1n) is 18.3. The molecular weight excluding hydrogens is 677 g/mol. The summed E-state index contributed by atoms with van der Waals surface area (Å²) in [5, 5.41) is 2.23. The summed E-state index contributed by atoms with van der Waals surface area (Å²) in [4.78, 5) is 17.7. The molecule has 0 saturated heterocycles. The van der Waals surface area contributed by atoms with Crippen molar-refractivity contribution >= 4 is 27.8 Å². The summed E-state index contributed by atoms with van der Waals surface area (Å²) < 4.78 is 13.4. The van der Waals surface area contributed by atoms with Crippen molar-refractivity contribution in [2.45, 2.75) is 0 Å². The molecule has 2 aliphatic rings. The van der Waals surface area contributed by atoms with E-state index in [1.54, 1.807) is 0 Å². The Morgan fingerprint density at radius 3 is 1.40 bits per heavy atom. The van der Waals surface area contributed by atoms with Crippen molar-refractivity contribution in [3.05, 3.63) is 182 Å². The van der Waals surface area contributed by atoms with E-state index in [1.807, 2.05) is 72.8 Å². The molecule has 9 aromatic rings. The van der Waals surface area contributed by atoms with Gasteiger partial charge in [0.1, 0.15) is 5.69 Å². The van der Waals surface area contributed by atoms with Gasteiger partial charge in [-0.25, -0.2) is 15.0 Å². The van der Waals surface area contributed by atoms with E-state index in [9.17, 15) is 0 Å². The van der Waals surface area contributed by atoms with E-state index in [0.717, 1.165) is 78.3 Å².